The van der Waals surface area contributed by atoms with Crippen molar-refractivity contribution in [3.63, 3.8) is 0 Å². The summed E-state index contributed by atoms with van der Waals surface area (Å²) in [4.78, 5) is 32.7. The van der Waals surface area contributed by atoms with Gasteiger partial charge in [0.2, 0.25) is 0 Å². The first kappa shape index (κ1) is 18.8. The molecule has 4 unspecified atom stereocenters. The Hall–Kier alpha value is -2.70. The van der Waals surface area contributed by atoms with Gasteiger partial charge in [-0.05, 0) is 51.7 Å². The number of rotatable bonds is 0. The van der Waals surface area contributed by atoms with Crippen LogP contribution in [-0.2, 0) is 20.7 Å². The minimum atomic E-state index is -0.725. The maximum atomic E-state index is 13.9. The van der Waals surface area contributed by atoms with Crippen LogP contribution in [-0.4, -0.2) is 46.8 Å². The van der Waals surface area contributed by atoms with E-state index in [1.54, 1.807) is 0 Å². The van der Waals surface area contributed by atoms with E-state index in [0.29, 0.717) is 0 Å². The van der Waals surface area contributed by atoms with Crippen molar-refractivity contribution < 1.29 is 9.59 Å². The van der Waals surface area contributed by atoms with Crippen LogP contribution in [0.25, 0.3) is 0 Å². The lowest BCUT2D eigenvalue weighted by molar-refractivity contribution is -0.169. The summed E-state index contributed by atoms with van der Waals surface area (Å²) in [5.74, 6) is 0.166. The molecule has 32 heavy (non-hydrogen) atoms. The van der Waals surface area contributed by atoms with E-state index < -0.39 is 11.1 Å². The number of carbonyl (C=O) groups is 2. The van der Waals surface area contributed by atoms with E-state index in [9.17, 15) is 9.59 Å². The lowest BCUT2D eigenvalue weighted by Gasteiger charge is -2.60. The van der Waals surface area contributed by atoms with Crippen LogP contribution < -0.4 is 10.6 Å². The van der Waals surface area contributed by atoms with E-state index in [1.807, 2.05) is 12.1 Å². The van der Waals surface area contributed by atoms with Crippen molar-refractivity contribution >= 4 is 23.2 Å². The average molecular weight is 429 g/mol. The number of nitrogens with zero attached hydrogens (tertiary/aromatic N) is 2. The number of carbonyl (C=O) groups excluding carboxylic acids is 2. The van der Waals surface area contributed by atoms with Crippen LogP contribution in [0, 0.1) is 13.8 Å². The second-order valence-electron chi connectivity index (χ2n) is 10.2. The van der Waals surface area contributed by atoms with Crippen LogP contribution in [0.2, 0.25) is 0 Å². The van der Waals surface area contributed by atoms with Gasteiger partial charge in [-0.1, -0.05) is 35.4 Å². The lowest BCUT2D eigenvalue weighted by atomic mass is 9.69. The number of fused-ring (bicyclic) bond motifs is 10. The standard InChI is InChI=1S/C26H28N4O2/c1-15-7-9-19-17(13-15)25(23(31)27-19)21-5-3-12-30(21)26(22-6-4-11-29(22)25)18-14-16(2)8-10-20(18)28-24(26)32/h7-10,13-14,21-22H,3-6,11-12H2,1-2H3,(H,27,31)(H,28,32). The van der Waals surface area contributed by atoms with Gasteiger partial charge in [0.05, 0.1) is 0 Å². The van der Waals surface area contributed by atoms with E-state index >= 15 is 0 Å². The van der Waals surface area contributed by atoms with Crippen molar-refractivity contribution in [1.82, 2.24) is 9.80 Å². The third kappa shape index (κ3) is 1.92. The number of amides is 2. The minimum absolute atomic E-state index is 0.0305. The molecule has 0 bridgehead atoms. The summed E-state index contributed by atoms with van der Waals surface area (Å²) in [7, 11) is 0. The fourth-order valence-electron chi connectivity index (χ4n) is 7.71. The van der Waals surface area contributed by atoms with E-state index in [0.717, 1.165) is 61.3 Å². The van der Waals surface area contributed by atoms with Crippen LogP contribution in [0.3, 0.4) is 0 Å². The largest absolute Gasteiger partial charge is 0.324 e. The first-order valence-corrected chi connectivity index (χ1v) is 11.9. The molecular formula is C26H28N4O2. The zero-order valence-electron chi connectivity index (χ0n) is 18.6. The normalized spacial score (nSPS) is 35.1. The van der Waals surface area contributed by atoms with Gasteiger partial charge in [0.1, 0.15) is 11.1 Å². The highest BCUT2D eigenvalue weighted by molar-refractivity contribution is 6.09. The number of aryl methyl sites for hydroxylation is 2. The number of hydrogen-bond acceptors (Lipinski definition) is 4. The SMILES string of the molecule is Cc1ccc2c(c1)C1(C(=O)N2)C2CCCN2C2(C(=O)Nc3ccc(C)cc32)C2CCCN21. The van der Waals surface area contributed by atoms with Gasteiger partial charge in [-0.3, -0.25) is 19.4 Å². The predicted octanol–water partition coefficient (Wildman–Crippen LogP) is 3.24. The molecule has 5 aliphatic heterocycles. The Kier molecular flexibility index (Phi) is 3.53. The number of benzene rings is 2. The van der Waals surface area contributed by atoms with Gasteiger partial charge in [0.15, 0.2) is 0 Å². The molecule has 0 radical (unpaired) electrons. The molecule has 0 aromatic heterocycles. The molecular weight excluding hydrogens is 400 g/mol. The number of nitrogens with one attached hydrogen (secondary N) is 2. The summed E-state index contributed by atoms with van der Waals surface area (Å²) in [5.41, 5.74) is 4.95. The van der Waals surface area contributed by atoms with Gasteiger partial charge in [-0.25, -0.2) is 0 Å². The van der Waals surface area contributed by atoms with E-state index in [1.165, 1.54) is 11.1 Å². The van der Waals surface area contributed by atoms with Crippen LogP contribution in [0.15, 0.2) is 36.4 Å². The highest BCUT2D eigenvalue weighted by Gasteiger charge is 2.73. The molecule has 5 heterocycles. The van der Waals surface area contributed by atoms with E-state index in [2.05, 4.69) is 58.5 Å². The van der Waals surface area contributed by atoms with Gasteiger partial charge in [0.25, 0.3) is 11.8 Å². The smallest absolute Gasteiger partial charge is 0.251 e. The highest BCUT2D eigenvalue weighted by Crippen LogP contribution is 2.61. The van der Waals surface area contributed by atoms with Crippen molar-refractivity contribution in [3.8, 4) is 0 Å². The zero-order chi connectivity index (χ0) is 21.8. The summed E-state index contributed by atoms with van der Waals surface area (Å²) in [6.07, 6.45) is 3.83. The Morgan fingerprint density at radius 2 is 1.19 bits per heavy atom. The Morgan fingerprint density at radius 1 is 0.750 bits per heavy atom. The first-order valence-electron chi connectivity index (χ1n) is 11.9. The molecule has 2 aromatic carbocycles. The van der Waals surface area contributed by atoms with E-state index in [-0.39, 0.29) is 23.9 Å². The van der Waals surface area contributed by atoms with Gasteiger partial charge in [-0.15, -0.1) is 0 Å². The molecule has 6 heteroatoms. The molecule has 4 atom stereocenters. The molecule has 5 aliphatic rings. The Morgan fingerprint density at radius 3 is 1.62 bits per heavy atom. The van der Waals surface area contributed by atoms with Crippen LogP contribution in [0.1, 0.15) is 47.9 Å². The molecule has 2 aromatic rings. The van der Waals surface area contributed by atoms with Crippen molar-refractivity contribution in [2.75, 3.05) is 23.7 Å². The Labute approximate surface area is 188 Å². The quantitative estimate of drug-likeness (QED) is 0.676. The maximum absolute atomic E-state index is 13.9. The molecule has 7 rings (SSSR count). The van der Waals surface area contributed by atoms with Crippen molar-refractivity contribution in [2.45, 2.75) is 62.7 Å². The van der Waals surface area contributed by atoms with Crippen LogP contribution in [0.5, 0.6) is 0 Å². The molecule has 0 saturated carbocycles. The van der Waals surface area contributed by atoms with Crippen molar-refractivity contribution in [1.29, 1.82) is 0 Å². The molecule has 3 saturated heterocycles. The summed E-state index contributed by atoms with van der Waals surface area (Å²) < 4.78 is 0. The average Bonchev–Trinajstić information content (AvgIpc) is 3.53. The van der Waals surface area contributed by atoms with Gasteiger partial charge in [0, 0.05) is 47.7 Å². The molecule has 2 amide bonds. The lowest BCUT2D eigenvalue weighted by Crippen LogP contribution is -2.77. The summed E-state index contributed by atoms with van der Waals surface area (Å²) in [5, 5.41) is 6.44. The minimum Gasteiger partial charge on any atom is -0.324 e. The Bertz CT molecular complexity index is 1090. The maximum Gasteiger partial charge on any atom is 0.251 e. The molecule has 2 N–H and O–H groups in total. The van der Waals surface area contributed by atoms with Gasteiger partial charge < -0.3 is 10.6 Å². The van der Waals surface area contributed by atoms with Crippen molar-refractivity contribution in [2.24, 2.45) is 0 Å². The van der Waals surface area contributed by atoms with Gasteiger partial charge >= 0.3 is 0 Å². The topological polar surface area (TPSA) is 64.7 Å². The summed E-state index contributed by atoms with van der Waals surface area (Å²) >= 11 is 0. The first-order chi connectivity index (χ1) is 15.5. The van der Waals surface area contributed by atoms with Gasteiger partial charge in [-0.2, -0.15) is 0 Å². The summed E-state index contributed by atoms with van der Waals surface area (Å²) in [6.45, 7) is 5.87. The monoisotopic (exact) mass is 428 g/mol. The summed E-state index contributed by atoms with van der Waals surface area (Å²) in [6, 6.07) is 12.6. The Balaban J connectivity index is 1.52. The third-order valence-corrected chi connectivity index (χ3v) is 8.74. The van der Waals surface area contributed by atoms with E-state index in [4.69, 9.17) is 0 Å². The molecule has 0 aliphatic carbocycles. The molecule has 164 valence electrons. The van der Waals surface area contributed by atoms with Crippen LogP contribution in [0.4, 0.5) is 11.4 Å². The highest BCUT2D eigenvalue weighted by atomic mass is 16.2. The third-order valence-electron chi connectivity index (χ3n) is 8.74. The molecule has 6 nitrogen and oxygen atoms in total. The fourth-order valence-corrected chi connectivity index (χ4v) is 7.71. The second kappa shape index (κ2) is 6.00. The van der Waals surface area contributed by atoms with Crippen LogP contribution >= 0.6 is 0 Å². The predicted molar refractivity (Wildman–Crippen MR) is 122 cm³/mol. The number of anilines is 2. The second-order valence-corrected chi connectivity index (χ2v) is 10.2. The molecule has 2 spiro atoms. The zero-order valence-corrected chi connectivity index (χ0v) is 18.6. The number of piperazine rings is 1. The molecule has 3 fully saturated rings. The van der Waals surface area contributed by atoms with Crippen molar-refractivity contribution in [3.05, 3.63) is 58.7 Å². The number of hydrogen-bond donors (Lipinski definition) is 2. The fraction of sp³-hybridized carbons (Fsp3) is 0.462.